The molecule has 2 heterocycles. The molecule has 23 heavy (non-hydrogen) atoms. The van der Waals surface area contributed by atoms with Crippen LogP contribution in [0.15, 0.2) is 36.7 Å². The molecule has 1 aromatic carbocycles. The number of carbonyl (C=O) groups is 1. The van der Waals surface area contributed by atoms with Gasteiger partial charge in [-0.1, -0.05) is 6.07 Å². The SMILES string of the molecule is COC(=O)c1c(N)c(C#N)cn1-c1cc2ncccc2cc1C. The molecule has 6 nitrogen and oxygen atoms in total. The van der Waals surface area contributed by atoms with Gasteiger partial charge >= 0.3 is 5.97 Å². The summed E-state index contributed by atoms with van der Waals surface area (Å²) in [6.07, 6.45) is 3.24. The van der Waals surface area contributed by atoms with Crippen LogP contribution in [0, 0.1) is 18.3 Å². The molecule has 3 aromatic rings. The third-order valence-corrected chi connectivity index (χ3v) is 3.72. The van der Waals surface area contributed by atoms with Crippen LogP contribution in [0.25, 0.3) is 16.6 Å². The number of hydrogen-bond acceptors (Lipinski definition) is 5. The van der Waals surface area contributed by atoms with Crippen molar-refractivity contribution < 1.29 is 9.53 Å². The van der Waals surface area contributed by atoms with E-state index in [1.165, 1.54) is 7.11 Å². The molecule has 6 heteroatoms. The zero-order chi connectivity index (χ0) is 16.6. The fourth-order valence-electron chi connectivity index (χ4n) is 2.59. The molecule has 0 saturated carbocycles. The summed E-state index contributed by atoms with van der Waals surface area (Å²) in [6, 6.07) is 9.65. The monoisotopic (exact) mass is 306 g/mol. The Morgan fingerprint density at radius 1 is 1.43 bits per heavy atom. The number of fused-ring (bicyclic) bond motifs is 1. The number of nitriles is 1. The number of pyridine rings is 1. The molecule has 114 valence electrons. The first kappa shape index (κ1) is 14.6. The zero-order valence-corrected chi connectivity index (χ0v) is 12.7. The number of carbonyl (C=O) groups excluding carboxylic acids is 1. The number of nitrogens with two attached hydrogens (primary N) is 1. The highest BCUT2D eigenvalue weighted by atomic mass is 16.5. The average Bonchev–Trinajstić information content (AvgIpc) is 2.89. The summed E-state index contributed by atoms with van der Waals surface area (Å²) in [5.41, 5.74) is 8.85. The summed E-state index contributed by atoms with van der Waals surface area (Å²) in [6.45, 7) is 1.92. The third-order valence-electron chi connectivity index (χ3n) is 3.72. The Kier molecular flexibility index (Phi) is 3.47. The number of esters is 1. The number of aromatic nitrogens is 2. The average molecular weight is 306 g/mol. The van der Waals surface area contributed by atoms with E-state index < -0.39 is 5.97 Å². The van der Waals surface area contributed by atoms with Crippen LogP contribution in [-0.2, 0) is 4.74 Å². The fourth-order valence-corrected chi connectivity index (χ4v) is 2.59. The molecule has 0 amide bonds. The number of methoxy groups -OCH3 is 1. The summed E-state index contributed by atoms with van der Waals surface area (Å²) in [4.78, 5) is 16.4. The summed E-state index contributed by atoms with van der Waals surface area (Å²) < 4.78 is 6.39. The van der Waals surface area contributed by atoms with Crippen LogP contribution in [0.2, 0.25) is 0 Å². The normalized spacial score (nSPS) is 10.5. The van der Waals surface area contributed by atoms with Crippen LogP contribution in [-0.4, -0.2) is 22.6 Å². The second kappa shape index (κ2) is 5.46. The number of aryl methyl sites for hydroxylation is 1. The van der Waals surface area contributed by atoms with Gasteiger partial charge in [0.25, 0.3) is 0 Å². The Morgan fingerprint density at radius 3 is 2.91 bits per heavy atom. The van der Waals surface area contributed by atoms with E-state index in [2.05, 4.69) is 4.98 Å². The molecule has 0 saturated heterocycles. The van der Waals surface area contributed by atoms with Crippen molar-refractivity contribution in [2.45, 2.75) is 6.92 Å². The van der Waals surface area contributed by atoms with E-state index in [-0.39, 0.29) is 16.9 Å². The topological polar surface area (TPSA) is 93.9 Å². The first-order valence-corrected chi connectivity index (χ1v) is 6.91. The highest BCUT2D eigenvalue weighted by molar-refractivity contribution is 5.96. The van der Waals surface area contributed by atoms with Crippen molar-refractivity contribution in [1.29, 1.82) is 5.26 Å². The van der Waals surface area contributed by atoms with Crippen molar-refractivity contribution >= 4 is 22.6 Å². The molecule has 0 aliphatic rings. The lowest BCUT2D eigenvalue weighted by molar-refractivity contribution is 0.0593. The number of ether oxygens (including phenoxy) is 1. The number of anilines is 1. The minimum absolute atomic E-state index is 0.111. The van der Waals surface area contributed by atoms with E-state index in [0.29, 0.717) is 0 Å². The van der Waals surface area contributed by atoms with E-state index in [1.807, 2.05) is 37.3 Å². The molecule has 0 aliphatic heterocycles. The van der Waals surface area contributed by atoms with Gasteiger partial charge in [-0.15, -0.1) is 0 Å². The Balaban J connectivity index is 2.32. The maximum Gasteiger partial charge on any atom is 0.357 e. The maximum atomic E-state index is 12.1. The van der Waals surface area contributed by atoms with E-state index in [0.717, 1.165) is 22.2 Å². The highest BCUT2D eigenvalue weighted by Gasteiger charge is 2.22. The van der Waals surface area contributed by atoms with Crippen LogP contribution >= 0.6 is 0 Å². The van der Waals surface area contributed by atoms with Gasteiger partial charge in [0.15, 0.2) is 5.69 Å². The predicted molar refractivity (Wildman–Crippen MR) is 86.3 cm³/mol. The second-order valence-electron chi connectivity index (χ2n) is 5.11. The molecule has 3 rings (SSSR count). The number of benzene rings is 1. The van der Waals surface area contributed by atoms with E-state index >= 15 is 0 Å². The van der Waals surface area contributed by atoms with Gasteiger partial charge in [0.2, 0.25) is 0 Å². The Hall–Kier alpha value is -3.33. The molecule has 2 aromatic heterocycles. The predicted octanol–water partition coefficient (Wildman–Crippen LogP) is 2.57. The van der Waals surface area contributed by atoms with Gasteiger partial charge in [0, 0.05) is 17.8 Å². The lowest BCUT2D eigenvalue weighted by Crippen LogP contribution is -2.11. The Bertz CT molecular complexity index is 967. The zero-order valence-electron chi connectivity index (χ0n) is 12.7. The lowest BCUT2D eigenvalue weighted by Gasteiger charge is -2.12. The van der Waals surface area contributed by atoms with Gasteiger partial charge < -0.3 is 15.0 Å². The molecule has 0 atom stereocenters. The third kappa shape index (κ3) is 2.28. The molecule has 0 unspecified atom stereocenters. The van der Waals surface area contributed by atoms with Gasteiger partial charge in [0.05, 0.1) is 29.6 Å². The fraction of sp³-hybridized carbons (Fsp3) is 0.118. The minimum Gasteiger partial charge on any atom is -0.464 e. The first-order valence-electron chi connectivity index (χ1n) is 6.91. The molecule has 0 aliphatic carbocycles. The summed E-state index contributed by atoms with van der Waals surface area (Å²) >= 11 is 0. The van der Waals surface area contributed by atoms with Crippen LogP contribution in [0.3, 0.4) is 0 Å². The van der Waals surface area contributed by atoms with Gasteiger partial charge in [-0.25, -0.2) is 4.79 Å². The first-order chi connectivity index (χ1) is 11.1. The van der Waals surface area contributed by atoms with Gasteiger partial charge in [-0.05, 0) is 30.7 Å². The van der Waals surface area contributed by atoms with E-state index in [1.54, 1.807) is 17.0 Å². The quantitative estimate of drug-likeness (QED) is 0.734. The number of nitrogens with zero attached hydrogens (tertiary/aromatic N) is 3. The molecule has 0 radical (unpaired) electrons. The maximum absolute atomic E-state index is 12.1. The van der Waals surface area contributed by atoms with Crippen LogP contribution < -0.4 is 5.73 Å². The van der Waals surface area contributed by atoms with Crippen LogP contribution in [0.1, 0.15) is 21.6 Å². The number of rotatable bonds is 2. The standard InChI is InChI=1S/C17H14N4O2/c1-10-6-11-4-3-5-20-13(11)7-14(10)21-9-12(8-18)15(19)16(21)17(22)23-2/h3-7,9H,19H2,1-2H3. The molecule has 0 spiro atoms. The van der Waals surface area contributed by atoms with Crippen molar-refractivity contribution in [3.63, 3.8) is 0 Å². The lowest BCUT2D eigenvalue weighted by atomic mass is 10.1. The molecule has 0 bridgehead atoms. The van der Waals surface area contributed by atoms with Crippen LogP contribution in [0.5, 0.6) is 0 Å². The smallest absolute Gasteiger partial charge is 0.357 e. The van der Waals surface area contributed by atoms with Crippen molar-refractivity contribution in [3.8, 4) is 11.8 Å². The second-order valence-corrected chi connectivity index (χ2v) is 5.11. The van der Waals surface area contributed by atoms with Crippen molar-refractivity contribution in [3.05, 3.63) is 53.5 Å². The Morgan fingerprint density at radius 2 is 2.22 bits per heavy atom. The van der Waals surface area contributed by atoms with Crippen molar-refractivity contribution in [2.24, 2.45) is 0 Å². The largest absolute Gasteiger partial charge is 0.464 e. The van der Waals surface area contributed by atoms with Crippen molar-refractivity contribution in [1.82, 2.24) is 9.55 Å². The summed E-state index contributed by atoms with van der Waals surface area (Å²) in [5, 5.41) is 10.2. The molecule has 2 N–H and O–H groups in total. The van der Waals surface area contributed by atoms with Gasteiger partial charge in [0.1, 0.15) is 6.07 Å². The van der Waals surface area contributed by atoms with Crippen LogP contribution in [0.4, 0.5) is 5.69 Å². The van der Waals surface area contributed by atoms with Crippen molar-refractivity contribution in [2.75, 3.05) is 12.8 Å². The number of nitrogen functional groups attached to an aromatic ring is 1. The highest BCUT2D eigenvalue weighted by Crippen LogP contribution is 2.28. The number of hydrogen-bond donors (Lipinski definition) is 1. The van der Waals surface area contributed by atoms with Gasteiger partial charge in [-0.3, -0.25) is 4.98 Å². The molecule has 0 fully saturated rings. The molecular formula is C17H14N4O2. The Labute approximate surface area is 132 Å². The minimum atomic E-state index is -0.593. The summed E-state index contributed by atoms with van der Waals surface area (Å²) in [7, 11) is 1.28. The summed E-state index contributed by atoms with van der Waals surface area (Å²) in [5.74, 6) is -0.593. The van der Waals surface area contributed by atoms with E-state index in [9.17, 15) is 10.1 Å². The van der Waals surface area contributed by atoms with Gasteiger partial charge in [-0.2, -0.15) is 5.26 Å². The molecular weight excluding hydrogens is 292 g/mol. The van der Waals surface area contributed by atoms with E-state index in [4.69, 9.17) is 10.5 Å².